The molecule has 0 aromatic rings. The zero-order valence-electron chi connectivity index (χ0n) is 10.5. The van der Waals surface area contributed by atoms with Crippen molar-refractivity contribution in [1.29, 1.82) is 0 Å². The highest BCUT2D eigenvalue weighted by atomic mass is 32.2. The Balaban J connectivity index is 2.86. The first-order valence-corrected chi connectivity index (χ1v) is 7.31. The summed E-state index contributed by atoms with van der Waals surface area (Å²) in [5, 5.41) is 2.04. The number of nitrogens with zero attached hydrogens (tertiary/aromatic N) is 1. The van der Waals surface area contributed by atoms with Gasteiger partial charge < -0.3 is 0 Å². The summed E-state index contributed by atoms with van der Waals surface area (Å²) in [6.45, 7) is 4.02. The Hall–Kier alpha value is -1.44. The molecule has 1 aliphatic heterocycles. The van der Waals surface area contributed by atoms with Gasteiger partial charge in [0, 0.05) is 12.3 Å². The Kier molecular flexibility index (Phi) is 3.80. The smallest absolute Gasteiger partial charge is 0.277 e. The van der Waals surface area contributed by atoms with Crippen LogP contribution in [0.25, 0.3) is 0 Å². The summed E-state index contributed by atoms with van der Waals surface area (Å²) in [5.74, 6) is -1.71. The Labute approximate surface area is 105 Å². The molecule has 0 bridgehead atoms. The summed E-state index contributed by atoms with van der Waals surface area (Å²) in [5.41, 5.74) is -1.36. The molecular formula is C10H16N2O5S. The Morgan fingerprint density at radius 3 is 2.28 bits per heavy atom. The lowest BCUT2D eigenvalue weighted by molar-refractivity contribution is -0.148. The van der Waals surface area contributed by atoms with Gasteiger partial charge in [0.25, 0.3) is 0 Å². The van der Waals surface area contributed by atoms with E-state index in [1.54, 1.807) is 0 Å². The largest absolute Gasteiger partial charge is 0.330 e. The monoisotopic (exact) mass is 276 g/mol. The molecule has 1 saturated heterocycles. The number of amides is 4. The van der Waals surface area contributed by atoms with Crippen molar-refractivity contribution in [3.63, 3.8) is 0 Å². The number of carbonyl (C=O) groups is 3. The van der Waals surface area contributed by atoms with E-state index in [4.69, 9.17) is 0 Å². The minimum atomic E-state index is -3.28. The van der Waals surface area contributed by atoms with Crippen LogP contribution in [0.3, 0.4) is 0 Å². The Bertz CT molecular complexity index is 494. The number of rotatable bonds is 4. The molecule has 7 nitrogen and oxygen atoms in total. The lowest BCUT2D eigenvalue weighted by Gasteiger charge is -2.34. The number of barbiturate groups is 1. The quantitative estimate of drug-likeness (QED) is 0.699. The van der Waals surface area contributed by atoms with Crippen LogP contribution in [0.2, 0.25) is 0 Å². The number of nitrogens with one attached hydrogen (secondary N) is 1. The number of carbonyl (C=O) groups excluding carboxylic acids is 3. The van der Waals surface area contributed by atoms with Crippen molar-refractivity contribution in [3.8, 4) is 0 Å². The first-order valence-electron chi connectivity index (χ1n) is 5.49. The fourth-order valence-electron chi connectivity index (χ4n) is 1.43. The molecule has 102 valence electrons. The molecular weight excluding hydrogens is 260 g/mol. The van der Waals surface area contributed by atoms with Crippen LogP contribution in [0.5, 0.6) is 0 Å². The van der Waals surface area contributed by atoms with Crippen LogP contribution in [-0.4, -0.2) is 49.2 Å². The summed E-state index contributed by atoms with van der Waals surface area (Å²) in [4.78, 5) is 35.6. The predicted molar refractivity (Wildman–Crippen MR) is 63.4 cm³/mol. The molecule has 1 rings (SSSR count). The van der Waals surface area contributed by atoms with E-state index in [1.165, 1.54) is 20.8 Å². The Morgan fingerprint density at radius 2 is 1.78 bits per heavy atom. The molecule has 1 heterocycles. The average Bonchev–Trinajstić information content (AvgIpc) is 2.27. The van der Waals surface area contributed by atoms with Gasteiger partial charge in [0.2, 0.25) is 11.8 Å². The lowest BCUT2D eigenvalue weighted by atomic mass is 9.89. The molecule has 0 aliphatic carbocycles. The van der Waals surface area contributed by atoms with Crippen LogP contribution < -0.4 is 5.32 Å². The van der Waals surface area contributed by atoms with Crippen LogP contribution in [0.4, 0.5) is 4.79 Å². The maximum atomic E-state index is 11.9. The van der Waals surface area contributed by atoms with Crippen LogP contribution in [0, 0.1) is 5.41 Å². The van der Waals surface area contributed by atoms with Crippen LogP contribution in [0.15, 0.2) is 0 Å². The number of hydrogen-bond donors (Lipinski definition) is 1. The van der Waals surface area contributed by atoms with Gasteiger partial charge in [0.1, 0.15) is 5.41 Å². The van der Waals surface area contributed by atoms with Crippen LogP contribution >= 0.6 is 0 Å². The van der Waals surface area contributed by atoms with E-state index < -0.39 is 33.1 Å². The Morgan fingerprint density at radius 1 is 1.22 bits per heavy atom. The summed E-state index contributed by atoms with van der Waals surface area (Å²) in [6.07, 6.45) is 0. The molecule has 0 saturated carbocycles. The van der Waals surface area contributed by atoms with Crippen molar-refractivity contribution in [3.05, 3.63) is 0 Å². The predicted octanol–water partition coefficient (Wildman–Crippen LogP) is -0.474. The number of hydrogen-bond acceptors (Lipinski definition) is 5. The van der Waals surface area contributed by atoms with Crippen LogP contribution in [0.1, 0.15) is 20.8 Å². The molecule has 8 heteroatoms. The van der Waals surface area contributed by atoms with Crippen molar-refractivity contribution < 1.29 is 22.8 Å². The fraction of sp³-hybridized carbons (Fsp3) is 0.700. The first kappa shape index (κ1) is 14.6. The number of sulfone groups is 1. The zero-order valence-corrected chi connectivity index (χ0v) is 11.3. The molecule has 1 fully saturated rings. The van der Waals surface area contributed by atoms with Gasteiger partial charge in [-0.3, -0.25) is 19.8 Å². The van der Waals surface area contributed by atoms with Gasteiger partial charge in [-0.05, 0) is 13.8 Å². The van der Waals surface area contributed by atoms with Crippen molar-refractivity contribution in [2.75, 3.05) is 18.1 Å². The summed E-state index contributed by atoms with van der Waals surface area (Å²) >= 11 is 0. The number of urea groups is 1. The third kappa shape index (κ3) is 2.69. The van der Waals surface area contributed by atoms with E-state index in [2.05, 4.69) is 0 Å². The molecule has 0 spiro atoms. The van der Waals surface area contributed by atoms with Gasteiger partial charge in [-0.1, -0.05) is 6.92 Å². The lowest BCUT2D eigenvalue weighted by Crippen LogP contribution is -2.62. The third-order valence-electron chi connectivity index (χ3n) is 2.88. The molecule has 4 amide bonds. The van der Waals surface area contributed by atoms with Crippen molar-refractivity contribution in [2.24, 2.45) is 5.41 Å². The first-order chi connectivity index (χ1) is 8.12. The van der Waals surface area contributed by atoms with Crippen LogP contribution in [-0.2, 0) is 19.4 Å². The second-order valence-corrected chi connectivity index (χ2v) is 7.05. The highest BCUT2D eigenvalue weighted by Crippen LogP contribution is 2.23. The van der Waals surface area contributed by atoms with Gasteiger partial charge in [-0.15, -0.1) is 0 Å². The van der Waals surface area contributed by atoms with E-state index in [1.807, 2.05) is 5.32 Å². The van der Waals surface area contributed by atoms with E-state index >= 15 is 0 Å². The van der Waals surface area contributed by atoms with Gasteiger partial charge in [0.15, 0.2) is 9.84 Å². The van der Waals surface area contributed by atoms with E-state index in [9.17, 15) is 22.8 Å². The van der Waals surface area contributed by atoms with E-state index in [0.717, 1.165) is 4.90 Å². The molecule has 0 aromatic heterocycles. The molecule has 0 atom stereocenters. The summed E-state index contributed by atoms with van der Waals surface area (Å²) in [7, 11) is -3.28. The van der Waals surface area contributed by atoms with Gasteiger partial charge in [-0.25, -0.2) is 13.2 Å². The highest BCUT2D eigenvalue weighted by Gasteiger charge is 2.46. The molecule has 1 aliphatic rings. The second kappa shape index (κ2) is 4.68. The standard InChI is InChI=1S/C10H16N2O5S/c1-4-18(16,17)6-5-12-8(14)10(2,3)7(13)11-9(12)15/h4-6H2,1-3H3,(H,11,13,15). The third-order valence-corrected chi connectivity index (χ3v) is 4.56. The second-order valence-electron chi connectivity index (χ2n) is 4.58. The minimum absolute atomic E-state index is 0.0566. The highest BCUT2D eigenvalue weighted by molar-refractivity contribution is 7.91. The molecule has 1 N–H and O–H groups in total. The van der Waals surface area contributed by atoms with E-state index in [0.29, 0.717) is 0 Å². The molecule has 0 radical (unpaired) electrons. The SMILES string of the molecule is CCS(=O)(=O)CCN1C(=O)NC(=O)C(C)(C)C1=O. The van der Waals surface area contributed by atoms with E-state index in [-0.39, 0.29) is 18.1 Å². The average molecular weight is 276 g/mol. The van der Waals surface area contributed by atoms with Crippen molar-refractivity contribution >= 4 is 27.7 Å². The van der Waals surface area contributed by atoms with Crippen molar-refractivity contribution in [1.82, 2.24) is 10.2 Å². The summed E-state index contributed by atoms with van der Waals surface area (Å²) in [6, 6.07) is -0.865. The maximum absolute atomic E-state index is 11.9. The topological polar surface area (TPSA) is 101 Å². The molecule has 0 unspecified atom stereocenters. The van der Waals surface area contributed by atoms with Gasteiger partial charge in [0.05, 0.1) is 5.75 Å². The molecule has 0 aromatic carbocycles. The fourth-order valence-corrected chi connectivity index (χ4v) is 2.17. The van der Waals surface area contributed by atoms with Crippen molar-refractivity contribution in [2.45, 2.75) is 20.8 Å². The summed E-state index contributed by atoms with van der Waals surface area (Å²) < 4.78 is 22.7. The van der Waals surface area contributed by atoms with Gasteiger partial charge in [-0.2, -0.15) is 0 Å². The zero-order chi connectivity index (χ0) is 14.1. The minimum Gasteiger partial charge on any atom is -0.277 e. The number of imide groups is 2. The maximum Gasteiger partial charge on any atom is 0.330 e. The molecule has 18 heavy (non-hydrogen) atoms. The van der Waals surface area contributed by atoms with Gasteiger partial charge >= 0.3 is 6.03 Å². The normalized spacial score (nSPS) is 19.9.